The van der Waals surface area contributed by atoms with Gasteiger partial charge in [-0.15, -0.1) is 0 Å². The van der Waals surface area contributed by atoms with Gasteiger partial charge in [0.1, 0.15) is 11.6 Å². The zero-order chi connectivity index (χ0) is 28.0. The van der Waals surface area contributed by atoms with Crippen molar-refractivity contribution in [1.29, 1.82) is 0 Å². The fraction of sp³-hybridized carbons (Fsp3) is 0.174. The van der Waals surface area contributed by atoms with E-state index in [1.165, 1.54) is 4.57 Å². The number of aromatic nitrogens is 6. The third kappa shape index (κ3) is 6.56. The van der Waals surface area contributed by atoms with E-state index in [9.17, 15) is 26.7 Å². The average molecular weight is 537 g/mol. The van der Waals surface area contributed by atoms with Gasteiger partial charge in [0.05, 0.1) is 5.69 Å². The maximum Gasteiger partial charge on any atom is 0.490 e. The first-order chi connectivity index (χ1) is 17.9. The first-order valence-corrected chi connectivity index (χ1v) is 10.7. The van der Waals surface area contributed by atoms with Crippen molar-refractivity contribution in [2.45, 2.75) is 19.5 Å². The summed E-state index contributed by atoms with van der Waals surface area (Å²) >= 11 is 0. The van der Waals surface area contributed by atoms with Crippen molar-refractivity contribution in [1.82, 2.24) is 29.9 Å². The van der Waals surface area contributed by atoms with Crippen LogP contribution in [0.25, 0.3) is 28.2 Å². The van der Waals surface area contributed by atoms with Crippen molar-refractivity contribution in [3.63, 3.8) is 0 Å². The molecule has 0 aliphatic rings. The van der Waals surface area contributed by atoms with Crippen molar-refractivity contribution in [2.24, 2.45) is 5.73 Å². The number of nitrogens with one attached hydrogen (secondary N) is 2. The van der Waals surface area contributed by atoms with Crippen LogP contribution in [0.5, 0.6) is 0 Å². The molecule has 0 spiro atoms. The largest absolute Gasteiger partial charge is 0.490 e. The lowest BCUT2D eigenvalue weighted by Crippen LogP contribution is -2.21. The van der Waals surface area contributed by atoms with Crippen molar-refractivity contribution in [2.75, 3.05) is 6.54 Å². The Bertz CT molecular complexity index is 1500. The molecule has 0 aliphatic carbocycles. The number of pyridine rings is 1. The second-order valence-corrected chi connectivity index (χ2v) is 7.73. The van der Waals surface area contributed by atoms with E-state index < -0.39 is 23.9 Å². The standard InChI is InChI=1S/C21H19F2N7O.C2HF3O2/c1-12-7-16(13-3-2-4-14(8-13)17-5-6-26-27-17)11-25-20(12)30-18(28-29-21(30)31)9-15(10-24)19(22)23;3-2(4,5)1(6)7/h2-8,11H,9-10,24H2,1H3,(H,26,27)(H,29,31);(H,6,7). The molecular weight excluding hydrogens is 517 g/mol. The SMILES string of the molecule is Cc1cc(-c2cccc(-c3cc[nH]n3)c2)cnc1-n1c(CC(CN)=C(F)F)n[nH]c1=O.O=C(O)C(F)(F)F. The molecule has 1 aromatic carbocycles. The number of halogens is 5. The normalized spacial score (nSPS) is 11.0. The summed E-state index contributed by atoms with van der Waals surface area (Å²) in [7, 11) is 0. The fourth-order valence-electron chi connectivity index (χ4n) is 3.31. The molecule has 0 unspecified atom stereocenters. The van der Waals surface area contributed by atoms with E-state index in [0.717, 1.165) is 22.4 Å². The molecule has 10 nitrogen and oxygen atoms in total. The number of carboxylic acid groups (broad SMARTS) is 1. The summed E-state index contributed by atoms with van der Waals surface area (Å²) in [6, 6.07) is 11.6. The number of benzene rings is 1. The third-order valence-electron chi connectivity index (χ3n) is 5.12. The van der Waals surface area contributed by atoms with E-state index in [1.807, 2.05) is 36.4 Å². The number of nitrogens with two attached hydrogens (primary N) is 1. The van der Waals surface area contributed by atoms with Gasteiger partial charge in [-0.05, 0) is 36.2 Å². The Hall–Kier alpha value is -4.66. The number of carboxylic acids is 1. The summed E-state index contributed by atoms with van der Waals surface area (Å²) in [5, 5.41) is 20.3. The Morgan fingerprint density at radius 1 is 1.11 bits per heavy atom. The Balaban J connectivity index is 0.000000505. The number of aromatic amines is 2. The van der Waals surface area contributed by atoms with Gasteiger partial charge in [-0.1, -0.05) is 18.2 Å². The molecule has 200 valence electrons. The maximum absolute atomic E-state index is 13.0. The molecular formula is C23H20F5N7O3. The second kappa shape index (κ2) is 11.6. The fourth-order valence-corrected chi connectivity index (χ4v) is 3.31. The molecule has 4 aromatic rings. The molecule has 0 saturated carbocycles. The molecule has 15 heteroatoms. The zero-order valence-electron chi connectivity index (χ0n) is 19.6. The van der Waals surface area contributed by atoms with Gasteiger partial charge >= 0.3 is 17.8 Å². The summed E-state index contributed by atoms with van der Waals surface area (Å²) in [6.07, 6.45) is -3.83. The average Bonchev–Trinajstić information content (AvgIpc) is 3.52. The van der Waals surface area contributed by atoms with Crippen molar-refractivity contribution >= 4 is 5.97 Å². The minimum atomic E-state index is -5.08. The monoisotopic (exact) mass is 537 g/mol. The van der Waals surface area contributed by atoms with Crippen molar-refractivity contribution in [3.05, 3.63) is 82.3 Å². The van der Waals surface area contributed by atoms with Crippen LogP contribution in [0, 0.1) is 6.92 Å². The minimum absolute atomic E-state index is 0.113. The molecule has 3 aromatic heterocycles. The molecule has 4 rings (SSSR count). The molecule has 0 amide bonds. The minimum Gasteiger partial charge on any atom is -0.475 e. The third-order valence-corrected chi connectivity index (χ3v) is 5.12. The van der Waals surface area contributed by atoms with Gasteiger partial charge in [0.25, 0.3) is 6.08 Å². The number of aliphatic carboxylic acids is 1. The lowest BCUT2D eigenvalue weighted by atomic mass is 10.0. The van der Waals surface area contributed by atoms with Crippen LogP contribution in [0.15, 0.2) is 65.2 Å². The van der Waals surface area contributed by atoms with Gasteiger partial charge < -0.3 is 10.8 Å². The zero-order valence-corrected chi connectivity index (χ0v) is 19.6. The highest BCUT2D eigenvalue weighted by Gasteiger charge is 2.38. The first kappa shape index (κ1) is 27.9. The Morgan fingerprint density at radius 3 is 2.34 bits per heavy atom. The van der Waals surface area contributed by atoms with Gasteiger partial charge in [0, 0.05) is 42.1 Å². The van der Waals surface area contributed by atoms with Gasteiger partial charge in [0.2, 0.25) is 0 Å². The number of hydrogen-bond acceptors (Lipinski definition) is 6. The lowest BCUT2D eigenvalue weighted by Gasteiger charge is -2.11. The molecule has 3 heterocycles. The van der Waals surface area contributed by atoms with Gasteiger partial charge in [-0.3, -0.25) is 5.10 Å². The molecule has 5 N–H and O–H groups in total. The highest BCUT2D eigenvalue weighted by molar-refractivity contribution is 5.73. The van der Waals surface area contributed by atoms with E-state index in [1.54, 1.807) is 19.3 Å². The van der Waals surface area contributed by atoms with Crippen LogP contribution in [0.3, 0.4) is 0 Å². The van der Waals surface area contributed by atoms with E-state index >= 15 is 0 Å². The summed E-state index contributed by atoms with van der Waals surface area (Å²) < 4.78 is 59.0. The van der Waals surface area contributed by atoms with Crippen molar-refractivity contribution in [3.8, 4) is 28.2 Å². The number of carbonyl (C=O) groups is 1. The van der Waals surface area contributed by atoms with Gasteiger partial charge in [0.15, 0.2) is 0 Å². The predicted octanol–water partition coefficient (Wildman–Crippen LogP) is 3.61. The molecule has 0 radical (unpaired) electrons. The van der Waals surface area contributed by atoms with Crippen LogP contribution < -0.4 is 11.4 Å². The van der Waals surface area contributed by atoms with Crippen LogP contribution in [-0.2, 0) is 11.2 Å². The highest BCUT2D eigenvalue weighted by atomic mass is 19.4. The van der Waals surface area contributed by atoms with Crippen molar-refractivity contribution < 1.29 is 31.9 Å². The van der Waals surface area contributed by atoms with Crippen LogP contribution in [0.2, 0.25) is 0 Å². The lowest BCUT2D eigenvalue weighted by molar-refractivity contribution is -0.192. The number of alkyl halides is 3. The number of H-pyrrole nitrogens is 2. The summed E-state index contributed by atoms with van der Waals surface area (Å²) in [6.45, 7) is 1.46. The summed E-state index contributed by atoms with van der Waals surface area (Å²) in [4.78, 5) is 25.7. The van der Waals surface area contributed by atoms with E-state index in [2.05, 4.69) is 25.4 Å². The van der Waals surface area contributed by atoms with Crippen LogP contribution >= 0.6 is 0 Å². The number of nitrogens with zero attached hydrogens (tertiary/aromatic N) is 4. The quantitative estimate of drug-likeness (QED) is 0.274. The highest BCUT2D eigenvalue weighted by Crippen LogP contribution is 2.27. The Morgan fingerprint density at radius 2 is 1.79 bits per heavy atom. The van der Waals surface area contributed by atoms with E-state index in [-0.39, 0.29) is 24.4 Å². The van der Waals surface area contributed by atoms with E-state index in [0.29, 0.717) is 11.4 Å². The topological polar surface area (TPSA) is 156 Å². The number of rotatable bonds is 6. The Kier molecular flexibility index (Phi) is 8.52. The maximum atomic E-state index is 13.0. The summed E-state index contributed by atoms with van der Waals surface area (Å²) in [5.74, 6) is -2.33. The molecule has 0 bridgehead atoms. The molecule has 0 atom stereocenters. The van der Waals surface area contributed by atoms with Crippen LogP contribution in [0.4, 0.5) is 22.0 Å². The molecule has 0 saturated heterocycles. The first-order valence-electron chi connectivity index (χ1n) is 10.7. The Labute approximate surface area is 210 Å². The van der Waals surface area contributed by atoms with Gasteiger partial charge in [-0.25, -0.2) is 24.2 Å². The number of aryl methyl sites for hydroxylation is 1. The predicted molar refractivity (Wildman–Crippen MR) is 125 cm³/mol. The number of hydrogen-bond donors (Lipinski definition) is 4. The van der Waals surface area contributed by atoms with E-state index in [4.69, 9.17) is 15.6 Å². The van der Waals surface area contributed by atoms with Crippen LogP contribution in [-0.4, -0.2) is 53.7 Å². The van der Waals surface area contributed by atoms with Gasteiger partial charge in [-0.2, -0.15) is 32.1 Å². The summed E-state index contributed by atoms with van der Waals surface area (Å²) in [5.41, 5.74) is 8.77. The second-order valence-electron chi connectivity index (χ2n) is 7.73. The molecule has 0 aliphatic heterocycles. The van der Waals surface area contributed by atoms with Crippen LogP contribution in [0.1, 0.15) is 11.4 Å². The molecule has 0 fully saturated rings. The smallest absolute Gasteiger partial charge is 0.475 e. The molecule has 38 heavy (non-hydrogen) atoms.